The van der Waals surface area contributed by atoms with Crippen molar-refractivity contribution in [3.63, 3.8) is 0 Å². The first-order valence-corrected chi connectivity index (χ1v) is 5.86. The van der Waals surface area contributed by atoms with E-state index in [1.165, 1.54) is 0 Å². The standard InChI is InChI=1S/C11H12ClF5N2O/c1-9(2,3)7-4-6(10(13,14)11(15,16)17)18-19(7)5-8(12)20/h4H,5H2,1-3H3. The van der Waals surface area contributed by atoms with E-state index < -0.39 is 35.0 Å². The van der Waals surface area contributed by atoms with Crippen LogP contribution in [0.15, 0.2) is 6.07 Å². The van der Waals surface area contributed by atoms with Crippen molar-refractivity contribution in [3.8, 4) is 0 Å². The van der Waals surface area contributed by atoms with E-state index in [0.717, 1.165) is 4.68 Å². The minimum atomic E-state index is -5.76. The first-order valence-electron chi connectivity index (χ1n) is 5.48. The summed E-state index contributed by atoms with van der Waals surface area (Å²) >= 11 is 5.14. The number of halogens is 6. The Bertz CT molecular complexity index is 516. The smallest absolute Gasteiger partial charge is 0.279 e. The van der Waals surface area contributed by atoms with Crippen molar-refractivity contribution >= 4 is 16.8 Å². The van der Waals surface area contributed by atoms with Gasteiger partial charge in [0.1, 0.15) is 12.2 Å². The van der Waals surface area contributed by atoms with Gasteiger partial charge < -0.3 is 0 Å². The first kappa shape index (κ1) is 16.9. The van der Waals surface area contributed by atoms with Crippen molar-refractivity contribution in [1.82, 2.24) is 9.78 Å². The Balaban J connectivity index is 3.39. The van der Waals surface area contributed by atoms with Gasteiger partial charge in [0.05, 0.1) is 0 Å². The third-order valence-electron chi connectivity index (χ3n) is 2.50. The summed E-state index contributed by atoms with van der Waals surface area (Å²) in [6.45, 7) is 4.19. The van der Waals surface area contributed by atoms with E-state index in [9.17, 15) is 26.7 Å². The highest BCUT2D eigenvalue weighted by Crippen LogP contribution is 2.44. The van der Waals surface area contributed by atoms with Crippen LogP contribution in [0.25, 0.3) is 0 Å². The van der Waals surface area contributed by atoms with Gasteiger partial charge >= 0.3 is 12.1 Å². The molecule has 0 aliphatic carbocycles. The Labute approximate surface area is 116 Å². The molecule has 9 heteroatoms. The second-order valence-corrected chi connectivity index (χ2v) is 5.67. The predicted octanol–water partition coefficient (Wildman–Crippen LogP) is 3.60. The number of hydrogen-bond acceptors (Lipinski definition) is 2. The lowest BCUT2D eigenvalue weighted by Gasteiger charge is -2.19. The van der Waals surface area contributed by atoms with E-state index in [1.54, 1.807) is 20.8 Å². The van der Waals surface area contributed by atoms with Crippen molar-refractivity contribution in [2.24, 2.45) is 0 Å². The Morgan fingerprint density at radius 3 is 2.10 bits per heavy atom. The lowest BCUT2D eigenvalue weighted by atomic mass is 9.91. The van der Waals surface area contributed by atoms with E-state index in [0.29, 0.717) is 6.07 Å². The fourth-order valence-electron chi connectivity index (χ4n) is 1.56. The van der Waals surface area contributed by atoms with Crippen molar-refractivity contribution in [3.05, 3.63) is 17.5 Å². The molecule has 0 radical (unpaired) electrons. The Hall–Kier alpha value is -1.18. The zero-order valence-corrected chi connectivity index (χ0v) is 11.6. The molecule has 1 rings (SSSR count). The molecule has 0 amide bonds. The summed E-state index contributed by atoms with van der Waals surface area (Å²) in [6.07, 6.45) is -5.76. The summed E-state index contributed by atoms with van der Waals surface area (Å²) in [4.78, 5) is 10.8. The lowest BCUT2D eigenvalue weighted by molar-refractivity contribution is -0.291. The van der Waals surface area contributed by atoms with Crippen LogP contribution >= 0.6 is 11.6 Å². The number of rotatable bonds is 3. The molecule has 0 unspecified atom stereocenters. The highest BCUT2D eigenvalue weighted by Gasteiger charge is 2.60. The van der Waals surface area contributed by atoms with Crippen molar-refractivity contribution in [1.29, 1.82) is 0 Å². The van der Waals surface area contributed by atoms with Crippen LogP contribution < -0.4 is 0 Å². The van der Waals surface area contributed by atoms with E-state index in [1.807, 2.05) is 0 Å². The van der Waals surface area contributed by atoms with Gasteiger partial charge in [-0.1, -0.05) is 20.8 Å². The summed E-state index contributed by atoms with van der Waals surface area (Å²) in [6, 6.07) is 0.646. The van der Waals surface area contributed by atoms with Gasteiger partial charge in [-0.05, 0) is 17.7 Å². The van der Waals surface area contributed by atoms with Crippen LogP contribution in [0.4, 0.5) is 22.0 Å². The molecule has 0 aliphatic heterocycles. The van der Waals surface area contributed by atoms with Crippen molar-refractivity contribution in [2.75, 3.05) is 0 Å². The average molecular weight is 319 g/mol. The Morgan fingerprint density at radius 2 is 1.75 bits per heavy atom. The molecule has 0 bridgehead atoms. The van der Waals surface area contributed by atoms with E-state index in [2.05, 4.69) is 5.10 Å². The molecule has 1 aromatic heterocycles. The molecule has 114 valence electrons. The molecule has 0 fully saturated rings. The van der Waals surface area contributed by atoms with E-state index >= 15 is 0 Å². The number of carbonyl (C=O) groups excluding carboxylic acids is 1. The van der Waals surface area contributed by atoms with E-state index in [-0.39, 0.29) is 5.69 Å². The van der Waals surface area contributed by atoms with Gasteiger partial charge in [0, 0.05) is 11.1 Å². The van der Waals surface area contributed by atoms with Crippen LogP contribution in [0.3, 0.4) is 0 Å². The molecule has 20 heavy (non-hydrogen) atoms. The highest BCUT2D eigenvalue weighted by molar-refractivity contribution is 6.63. The maximum absolute atomic E-state index is 13.3. The normalized spacial score (nSPS) is 13.7. The fraction of sp³-hybridized carbons (Fsp3) is 0.636. The molecule has 0 N–H and O–H groups in total. The maximum Gasteiger partial charge on any atom is 0.459 e. The molecular weight excluding hydrogens is 307 g/mol. The quantitative estimate of drug-likeness (QED) is 0.630. The first-order chi connectivity index (χ1) is 8.76. The van der Waals surface area contributed by atoms with Gasteiger partial charge in [0.15, 0.2) is 0 Å². The average Bonchev–Trinajstić information content (AvgIpc) is 2.58. The lowest BCUT2D eigenvalue weighted by Crippen LogP contribution is -2.34. The molecule has 1 heterocycles. The summed E-state index contributed by atoms with van der Waals surface area (Å²) in [5.74, 6) is -5.09. The fourth-order valence-corrected chi connectivity index (χ4v) is 1.67. The molecule has 0 spiro atoms. The third kappa shape index (κ3) is 3.28. The highest BCUT2D eigenvalue weighted by atomic mass is 35.5. The van der Waals surface area contributed by atoms with Gasteiger partial charge in [-0.25, -0.2) is 0 Å². The van der Waals surface area contributed by atoms with Crippen LogP contribution in [0.2, 0.25) is 0 Å². The van der Waals surface area contributed by atoms with Crippen LogP contribution in [0.5, 0.6) is 0 Å². The van der Waals surface area contributed by atoms with Crippen molar-refractivity contribution in [2.45, 2.75) is 44.8 Å². The largest absolute Gasteiger partial charge is 0.459 e. The monoisotopic (exact) mass is 318 g/mol. The number of nitrogens with zero attached hydrogens (tertiary/aromatic N) is 2. The van der Waals surface area contributed by atoms with Crippen LogP contribution in [-0.4, -0.2) is 21.2 Å². The van der Waals surface area contributed by atoms with Crippen LogP contribution in [0, 0.1) is 0 Å². The predicted molar refractivity (Wildman–Crippen MR) is 61.7 cm³/mol. The second-order valence-electron chi connectivity index (χ2n) is 5.25. The second kappa shape index (κ2) is 4.98. The molecule has 0 saturated carbocycles. The maximum atomic E-state index is 13.3. The summed E-state index contributed by atoms with van der Waals surface area (Å²) in [7, 11) is 0. The minimum Gasteiger partial charge on any atom is -0.279 e. The Morgan fingerprint density at radius 1 is 1.25 bits per heavy atom. The molecule has 0 atom stereocenters. The zero-order valence-electron chi connectivity index (χ0n) is 10.9. The number of carbonyl (C=O) groups is 1. The van der Waals surface area contributed by atoms with Gasteiger partial charge in [-0.15, -0.1) is 0 Å². The molecule has 0 saturated heterocycles. The molecule has 0 aromatic carbocycles. The molecular formula is C11H12ClF5N2O. The third-order valence-corrected chi connectivity index (χ3v) is 2.62. The van der Waals surface area contributed by atoms with Gasteiger partial charge in [0.25, 0.3) is 0 Å². The molecule has 0 aliphatic rings. The summed E-state index contributed by atoms with van der Waals surface area (Å²) in [5, 5.41) is 2.28. The van der Waals surface area contributed by atoms with E-state index in [4.69, 9.17) is 11.6 Å². The summed E-state index contributed by atoms with van der Waals surface area (Å²) in [5.41, 5.74) is -2.17. The summed E-state index contributed by atoms with van der Waals surface area (Å²) < 4.78 is 64.3. The van der Waals surface area contributed by atoms with Crippen molar-refractivity contribution < 1.29 is 26.7 Å². The molecule has 3 nitrogen and oxygen atoms in total. The zero-order chi connectivity index (χ0) is 15.9. The van der Waals surface area contributed by atoms with Crippen LogP contribution in [0.1, 0.15) is 32.2 Å². The SMILES string of the molecule is CC(C)(C)c1cc(C(F)(F)C(F)(F)F)nn1CC(=O)Cl. The minimum absolute atomic E-state index is 0.0606. The molecule has 1 aromatic rings. The van der Waals surface area contributed by atoms with Crippen LogP contribution in [-0.2, 0) is 22.7 Å². The van der Waals surface area contributed by atoms with Gasteiger partial charge in [0.2, 0.25) is 5.24 Å². The van der Waals surface area contributed by atoms with Gasteiger partial charge in [-0.2, -0.15) is 27.1 Å². The number of alkyl halides is 5. The topological polar surface area (TPSA) is 34.9 Å². The number of aromatic nitrogens is 2. The Kier molecular flexibility index (Phi) is 4.20. The number of hydrogen-bond donors (Lipinski definition) is 0. The van der Waals surface area contributed by atoms with Gasteiger partial charge in [-0.3, -0.25) is 9.48 Å².